The first-order chi connectivity index (χ1) is 19.1. The van der Waals surface area contributed by atoms with Crippen molar-refractivity contribution in [3.05, 3.63) is 70.5 Å². The van der Waals surface area contributed by atoms with Crippen LogP contribution in [0.3, 0.4) is 0 Å². The molecule has 0 amide bonds. The van der Waals surface area contributed by atoms with Gasteiger partial charge in [0.25, 0.3) is 0 Å². The maximum Gasteiger partial charge on any atom is 0.319 e. The van der Waals surface area contributed by atoms with Crippen LogP contribution in [0.4, 0.5) is 0 Å². The molecule has 0 spiro atoms. The SMILES string of the molecule is CCn1nnc(CCC(c2ccc3c(c2)C(N2Cc4ccccc4OC(C)(C)C2)CC3)C(C)(C)C(=O)OC=O)n1. The maximum absolute atomic E-state index is 13.0. The van der Waals surface area contributed by atoms with Gasteiger partial charge in [0.2, 0.25) is 0 Å². The highest BCUT2D eigenvalue weighted by atomic mass is 16.6. The number of carbonyl (C=O) groups is 2. The Balaban J connectivity index is 1.47. The Bertz CT molecular complexity index is 1380. The lowest BCUT2D eigenvalue weighted by molar-refractivity contribution is -0.160. The summed E-state index contributed by atoms with van der Waals surface area (Å²) in [6, 6.07) is 15.1. The molecular formula is C31H39N5O4. The first kappa shape index (κ1) is 28.0. The molecule has 2 atom stereocenters. The molecule has 9 nitrogen and oxygen atoms in total. The predicted octanol–water partition coefficient (Wildman–Crippen LogP) is 4.80. The summed E-state index contributed by atoms with van der Waals surface area (Å²) in [4.78, 5) is 28.2. The van der Waals surface area contributed by atoms with E-state index in [1.165, 1.54) is 16.7 Å². The van der Waals surface area contributed by atoms with Crippen molar-refractivity contribution in [3.63, 3.8) is 0 Å². The number of aryl methyl sites for hydroxylation is 3. The monoisotopic (exact) mass is 545 g/mol. The van der Waals surface area contributed by atoms with Crippen LogP contribution in [0.2, 0.25) is 0 Å². The summed E-state index contributed by atoms with van der Waals surface area (Å²) in [5.41, 5.74) is 3.60. The number of benzene rings is 2. The Kier molecular flexibility index (Phi) is 7.77. The van der Waals surface area contributed by atoms with Gasteiger partial charge in [0.05, 0.1) is 12.0 Å². The van der Waals surface area contributed by atoms with E-state index < -0.39 is 11.4 Å². The van der Waals surface area contributed by atoms with Crippen LogP contribution in [0.1, 0.15) is 87.5 Å². The molecule has 0 fully saturated rings. The fourth-order valence-electron chi connectivity index (χ4n) is 6.31. The van der Waals surface area contributed by atoms with Crippen molar-refractivity contribution in [1.82, 2.24) is 25.1 Å². The van der Waals surface area contributed by atoms with E-state index in [-0.39, 0.29) is 24.0 Å². The van der Waals surface area contributed by atoms with Gasteiger partial charge in [-0.15, -0.1) is 10.2 Å². The molecule has 0 radical (unpaired) electrons. The Morgan fingerprint density at radius 1 is 1.23 bits per heavy atom. The molecule has 2 aliphatic rings. The zero-order chi connectivity index (χ0) is 28.5. The smallest absolute Gasteiger partial charge is 0.319 e. The van der Waals surface area contributed by atoms with Gasteiger partial charge in [-0.3, -0.25) is 14.5 Å². The minimum atomic E-state index is -0.943. The fraction of sp³-hybridized carbons (Fsp3) is 0.516. The first-order valence-electron chi connectivity index (χ1n) is 14.2. The van der Waals surface area contributed by atoms with E-state index in [9.17, 15) is 9.59 Å². The first-order valence-corrected chi connectivity index (χ1v) is 14.2. The highest BCUT2D eigenvalue weighted by Gasteiger charge is 2.41. The molecular weight excluding hydrogens is 506 g/mol. The van der Waals surface area contributed by atoms with Gasteiger partial charge in [0.1, 0.15) is 11.4 Å². The van der Waals surface area contributed by atoms with Crippen LogP contribution < -0.4 is 4.74 Å². The summed E-state index contributed by atoms with van der Waals surface area (Å²) in [6.45, 7) is 12.4. The second-order valence-electron chi connectivity index (χ2n) is 12.1. The Morgan fingerprint density at radius 3 is 2.77 bits per heavy atom. The Morgan fingerprint density at radius 2 is 2.02 bits per heavy atom. The molecule has 212 valence electrons. The molecule has 2 aromatic carbocycles. The number of esters is 1. The predicted molar refractivity (Wildman–Crippen MR) is 150 cm³/mol. The number of nitrogens with zero attached hydrogens (tertiary/aromatic N) is 5. The molecule has 9 heteroatoms. The molecule has 0 saturated carbocycles. The largest absolute Gasteiger partial charge is 0.486 e. The molecule has 0 bridgehead atoms. The van der Waals surface area contributed by atoms with Crippen molar-refractivity contribution in [2.75, 3.05) is 6.54 Å². The molecule has 40 heavy (non-hydrogen) atoms. The lowest BCUT2D eigenvalue weighted by Gasteiger charge is -2.35. The number of para-hydroxylation sites is 1. The van der Waals surface area contributed by atoms with E-state index in [1.807, 2.05) is 26.8 Å². The van der Waals surface area contributed by atoms with E-state index in [0.29, 0.717) is 25.2 Å². The standard InChI is InChI=1S/C31H39N5O4/c1-6-36-33-28(32-34-36)16-14-25(31(4,5)29(38)39-20-37)22-12-11-21-13-15-26(24(21)17-22)35-18-23-9-7-8-10-27(23)40-30(2,3)19-35/h7-12,17,20,25-26H,6,13-16,18-19H2,1-5H3. The molecule has 1 aromatic heterocycles. The van der Waals surface area contributed by atoms with Crippen LogP contribution in [0.15, 0.2) is 42.5 Å². The highest BCUT2D eigenvalue weighted by Crippen LogP contribution is 2.45. The molecule has 0 N–H and O–H groups in total. The van der Waals surface area contributed by atoms with Crippen molar-refractivity contribution in [2.45, 2.75) is 91.0 Å². The third-order valence-corrected chi connectivity index (χ3v) is 8.36. The van der Waals surface area contributed by atoms with Crippen LogP contribution in [-0.2, 0) is 40.3 Å². The maximum atomic E-state index is 13.0. The summed E-state index contributed by atoms with van der Waals surface area (Å²) in [5.74, 6) is 0.824. The summed E-state index contributed by atoms with van der Waals surface area (Å²) in [7, 11) is 0. The second kappa shape index (κ2) is 11.1. The van der Waals surface area contributed by atoms with E-state index in [1.54, 1.807) is 4.80 Å². The van der Waals surface area contributed by atoms with Gasteiger partial charge < -0.3 is 9.47 Å². The summed E-state index contributed by atoms with van der Waals surface area (Å²) >= 11 is 0. The summed E-state index contributed by atoms with van der Waals surface area (Å²) in [6.07, 6.45) is 3.20. The Hall–Kier alpha value is -3.59. The average molecular weight is 546 g/mol. The van der Waals surface area contributed by atoms with Crippen LogP contribution >= 0.6 is 0 Å². The number of fused-ring (bicyclic) bond motifs is 2. The molecule has 2 unspecified atom stereocenters. The van der Waals surface area contributed by atoms with Crippen LogP contribution in [0.25, 0.3) is 0 Å². The zero-order valence-corrected chi connectivity index (χ0v) is 24.1. The van der Waals surface area contributed by atoms with Gasteiger partial charge in [-0.25, -0.2) is 0 Å². The minimum Gasteiger partial charge on any atom is -0.486 e. The highest BCUT2D eigenvalue weighted by molar-refractivity contribution is 5.82. The quantitative estimate of drug-likeness (QED) is 0.215. The molecule has 5 rings (SSSR count). The summed E-state index contributed by atoms with van der Waals surface area (Å²) in [5, 5.41) is 12.7. The van der Waals surface area contributed by atoms with Gasteiger partial charge in [-0.2, -0.15) is 4.80 Å². The van der Waals surface area contributed by atoms with Gasteiger partial charge in [0, 0.05) is 31.1 Å². The number of hydrogen-bond acceptors (Lipinski definition) is 8. The van der Waals surface area contributed by atoms with Crippen molar-refractivity contribution in [1.29, 1.82) is 0 Å². The lowest BCUT2D eigenvalue weighted by Crippen LogP contribution is -2.41. The van der Waals surface area contributed by atoms with E-state index >= 15 is 0 Å². The number of hydrogen-bond donors (Lipinski definition) is 0. The lowest BCUT2D eigenvalue weighted by atomic mass is 9.72. The second-order valence-corrected chi connectivity index (χ2v) is 12.1. The Labute approximate surface area is 235 Å². The van der Waals surface area contributed by atoms with Gasteiger partial charge >= 0.3 is 12.4 Å². The van der Waals surface area contributed by atoms with Gasteiger partial charge in [-0.05, 0) is 87.8 Å². The number of ether oxygens (including phenoxy) is 2. The van der Waals surface area contributed by atoms with E-state index in [2.05, 4.69) is 70.6 Å². The minimum absolute atomic E-state index is 0.218. The molecule has 2 heterocycles. The van der Waals surface area contributed by atoms with E-state index in [0.717, 1.165) is 37.2 Å². The summed E-state index contributed by atoms with van der Waals surface area (Å²) < 4.78 is 11.3. The van der Waals surface area contributed by atoms with Crippen molar-refractivity contribution >= 4 is 12.4 Å². The van der Waals surface area contributed by atoms with Gasteiger partial charge in [0.15, 0.2) is 5.82 Å². The normalized spacial score (nSPS) is 19.2. The van der Waals surface area contributed by atoms with Gasteiger partial charge in [-0.1, -0.05) is 36.4 Å². The third kappa shape index (κ3) is 5.66. The van der Waals surface area contributed by atoms with Crippen molar-refractivity contribution in [3.8, 4) is 5.75 Å². The molecule has 1 aliphatic heterocycles. The number of aromatic nitrogens is 4. The molecule has 3 aromatic rings. The van der Waals surface area contributed by atoms with Crippen molar-refractivity contribution < 1.29 is 19.1 Å². The average Bonchev–Trinajstić information content (AvgIpc) is 3.52. The number of tetrazole rings is 1. The van der Waals surface area contributed by atoms with Crippen LogP contribution in [0, 0.1) is 5.41 Å². The zero-order valence-electron chi connectivity index (χ0n) is 24.1. The van der Waals surface area contributed by atoms with E-state index in [4.69, 9.17) is 9.47 Å². The third-order valence-electron chi connectivity index (χ3n) is 8.36. The van der Waals surface area contributed by atoms with Crippen LogP contribution in [-0.4, -0.2) is 49.7 Å². The van der Waals surface area contributed by atoms with Crippen LogP contribution in [0.5, 0.6) is 5.75 Å². The molecule has 1 aliphatic carbocycles. The molecule has 0 saturated heterocycles. The van der Waals surface area contributed by atoms with Crippen molar-refractivity contribution in [2.24, 2.45) is 5.41 Å². The number of rotatable bonds is 9. The number of carbonyl (C=O) groups excluding carboxylic acids is 2. The fourth-order valence-corrected chi connectivity index (χ4v) is 6.31. The topological polar surface area (TPSA) is 99.4 Å².